The van der Waals surface area contributed by atoms with E-state index in [4.69, 9.17) is 0 Å². The van der Waals surface area contributed by atoms with Gasteiger partial charge in [0.25, 0.3) is 0 Å². The van der Waals surface area contributed by atoms with Crippen LogP contribution in [0.1, 0.15) is 45.4 Å². The third-order valence-electron chi connectivity index (χ3n) is 4.56. The standard InChI is InChI=1S/C14H25N/c1-10(2)4-7-14(15-3)13-9-11-5-6-12(13)8-11/h11-15H,1,4-9H2,2-3H3. The predicted molar refractivity (Wildman–Crippen MR) is 65.8 cm³/mol. The molecule has 0 heterocycles. The second-order valence-electron chi connectivity index (χ2n) is 5.73. The van der Waals surface area contributed by atoms with Gasteiger partial charge >= 0.3 is 0 Å². The van der Waals surface area contributed by atoms with E-state index >= 15 is 0 Å². The van der Waals surface area contributed by atoms with Crippen LogP contribution in [0, 0.1) is 17.8 Å². The van der Waals surface area contributed by atoms with E-state index in [9.17, 15) is 0 Å². The van der Waals surface area contributed by atoms with Gasteiger partial charge in [0.05, 0.1) is 0 Å². The van der Waals surface area contributed by atoms with Crippen LogP contribution in [0.3, 0.4) is 0 Å². The number of nitrogens with one attached hydrogen (secondary N) is 1. The molecular formula is C14H25N. The Kier molecular flexibility index (Phi) is 3.50. The van der Waals surface area contributed by atoms with E-state index in [2.05, 4.69) is 25.9 Å². The maximum Gasteiger partial charge on any atom is 0.00981 e. The largest absolute Gasteiger partial charge is 0.317 e. The number of hydrogen-bond donors (Lipinski definition) is 1. The molecule has 0 aromatic heterocycles. The monoisotopic (exact) mass is 207 g/mol. The van der Waals surface area contributed by atoms with Crippen molar-refractivity contribution in [3.05, 3.63) is 12.2 Å². The molecule has 2 fully saturated rings. The molecule has 4 unspecified atom stereocenters. The lowest BCUT2D eigenvalue weighted by atomic mass is 9.81. The van der Waals surface area contributed by atoms with Gasteiger partial charge in [-0.15, -0.1) is 6.58 Å². The van der Waals surface area contributed by atoms with Crippen LogP contribution in [-0.4, -0.2) is 13.1 Å². The summed E-state index contributed by atoms with van der Waals surface area (Å²) >= 11 is 0. The summed E-state index contributed by atoms with van der Waals surface area (Å²) in [6, 6.07) is 0.747. The Morgan fingerprint density at radius 1 is 1.40 bits per heavy atom. The molecule has 0 aromatic carbocycles. The smallest absolute Gasteiger partial charge is 0.00981 e. The quantitative estimate of drug-likeness (QED) is 0.682. The van der Waals surface area contributed by atoms with Crippen molar-refractivity contribution in [2.75, 3.05) is 7.05 Å². The highest BCUT2D eigenvalue weighted by atomic mass is 14.9. The van der Waals surface area contributed by atoms with Gasteiger partial charge in [-0.2, -0.15) is 0 Å². The van der Waals surface area contributed by atoms with E-state index in [0.717, 1.165) is 23.8 Å². The lowest BCUT2D eigenvalue weighted by Gasteiger charge is -2.30. The van der Waals surface area contributed by atoms with Crippen LogP contribution in [0.25, 0.3) is 0 Å². The number of allylic oxidation sites excluding steroid dienone is 1. The number of fused-ring (bicyclic) bond motifs is 2. The molecule has 1 heteroatoms. The summed E-state index contributed by atoms with van der Waals surface area (Å²) in [7, 11) is 2.13. The zero-order chi connectivity index (χ0) is 10.8. The lowest BCUT2D eigenvalue weighted by Crippen LogP contribution is -2.36. The molecule has 0 aliphatic heterocycles. The van der Waals surface area contributed by atoms with Gasteiger partial charge in [0.1, 0.15) is 0 Å². The molecule has 0 aromatic rings. The summed E-state index contributed by atoms with van der Waals surface area (Å²) in [6.45, 7) is 6.15. The molecule has 0 radical (unpaired) electrons. The topological polar surface area (TPSA) is 12.0 Å². The number of rotatable bonds is 5. The van der Waals surface area contributed by atoms with Gasteiger partial charge in [0, 0.05) is 6.04 Å². The average molecular weight is 207 g/mol. The first-order chi connectivity index (χ1) is 7.20. The zero-order valence-corrected chi connectivity index (χ0v) is 10.3. The lowest BCUT2D eigenvalue weighted by molar-refractivity contribution is 0.247. The van der Waals surface area contributed by atoms with Crippen molar-refractivity contribution in [3.8, 4) is 0 Å². The summed E-state index contributed by atoms with van der Waals surface area (Å²) in [5.41, 5.74) is 1.33. The van der Waals surface area contributed by atoms with Crippen molar-refractivity contribution in [2.24, 2.45) is 17.8 Å². The molecule has 86 valence electrons. The maximum absolute atomic E-state index is 4.01. The van der Waals surface area contributed by atoms with E-state index in [-0.39, 0.29) is 0 Å². The summed E-state index contributed by atoms with van der Waals surface area (Å²) in [5.74, 6) is 3.08. The molecule has 2 saturated carbocycles. The Morgan fingerprint density at radius 2 is 2.20 bits per heavy atom. The first-order valence-corrected chi connectivity index (χ1v) is 6.52. The first-order valence-electron chi connectivity index (χ1n) is 6.52. The van der Waals surface area contributed by atoms with E-state index in [1.807, 2.05) is 0 Å². The molecule has 2 rings (SSSR count). The van der Waals surface area contributed by atoms with Crippen LogP contribution >= 0.6 is 0 Å². The minimum atomic E-state index is 0.747. The van der Waals surface area contributed by atoms with Gasteiger partial charge < -0.3 is 5.32 Å². The second kappa shape index (κ2) is 4.69. The van der Waals surface area contributed by atoms with Crippen molar-refractivity contribution in [1.82, 2.24) is 5.32 Å². The number of hydrogen-bond acceptors (Lipinski definition) is 1. The van der Waals surface area contributed by atoms with Crippen LogP contribution in [0.15, 0.2) is 12.2 Å². The van der Waals surface area contributed by atoms with Crippen LogP contribution < -0.4 is 5.32 Å². The minimum absolute atomic E-state index is 0.747. The van der Waals surface area contributed by atoms with Gasteiger partial charge in [-0.25, -0.2) is 0 Å². The van der Waals surface area contributed by atoms with Crippen molar-refractivity contribution in [2.45, 2.75) is 51.5 Å². The molecule has 2 aliphatic rings. The van der Waals surface area contributed by atoms with Gasteiger partial charge in [-0.05, 0) is 63.8 Å². The summed E-state index contributed by atoms with van der Waals surface area (Å²) in [4.78, 5) is 0. The fraction of sp³-hybridized carbons (Fsp3) is 0.857. The molecule has 0 amide bonds. The Hall–Kier alpha value is -0.300. The maximum atomic E-state index is 4.01. The SMILES string of the molecule is C=C(C)CCC(NC)C1CC2CCC1C2. The van der Waals surface area contributed by atoms with Gasteiger partial charge in [0.15, 0.2) is 0 Å². The Balaban J connectivity index is 1.86. The normalized spacial score (nSPS) is 35.7. The summed E-state index contributed by atoms with van der Waals surface area (Å²) in [5, 5.41) is 3.54. The molecule has 15 heavy (non-hydrogen) atoms. The fourth-order valence-electron chi connectivity index (χ4n) is 3.76. The third kappa shape index (κ3) is 2.44. The molecule has 0 saturated heterocycles. The van der Waals surface area contributed by atoms with Gasteiger partial charge in [-0.3, -0.25) is 0 Å². The predicted octanol–water partition coefficient (Wildman–Crippen LogP) is 3.37. The Bertz CT molecular complexity index is 233. The highest BCUT2D eigenvalue weighted by Crippen LogP contribution is 2.50. The third-order valence-corrected chi connectivity index (χ3v) is 4.56. The second-order valence-corrected chi connectivity index (χ2v) is 5.73. The molecule has 2 bridgehead atoms. The molecule has 1 nitrogen and oxygen atoms in total. The average Bonchev–Trinajstić information content (AvgIpc) is 2.79. The molecular weight excluding hydrogens is 182 g/mol. The van der Waals surface area contributed by atoms with Gasteiger partial charge in [-0.1, -0.05) is 12.0 Å². The first kappa shape index (κ1) is 11.2. The van der Waals surface area contributed by atoms with E-state index < -0.39 is 0 Å². The van der Waals surface area contributed by atoms with Crippen LogP contribution in [-0.2, 0) is 0 Å². The highest BCUT2D eigenvalue weighted by molar-refractivity contribution is 4.97. The van der Waals surface area contributed by atoms with Crippen LogP contribution in [0.4, 0.5) is 0 Å². The van der Waals surface area contributed by atoms with Crippen molar-refractivity contribution in [1.29, 1.82) is 0 Å². The van der Waals surface area contributed by atoms with E-state index in [1.54, 1.807) is 0 Å². The minimum Gasteiger partial charge on any atom is -0.317 e. The molecule has 4 atom stereocenters. The van der Waals surface area contributed by atoms with E-state index in [1.165, 1.54) is 44.1 Å². The van der Waals surface area contributed by atoms with Crippen molar-refractivity contribution in [3.63, 3.8) is 0 Å². The zero-order valence-electron chi connectivity index (χ0n) is 10.3. The van der Waals surface area contributed by atoms with E-state index in [0.29, 0.717) is 0 Å². The highest BCUT2D eigenvalue weighted by Gasteiger charge is 2.42. The van der Waals surface area contributed by atoms with Crippen molar-refractivity contribution < 1.29 is 0 Å². The van der Waals surface area contributed by atoms with Gasteiger partial charge in [0.2, 0.25) is 0 Å². The summed E-state index contributed by atoms with van der Waals surface area (Å²) in [6.07, 6.45) is 8.51. The summed E-state index contributed by atoms with van der Waals surface area (Å²) < 4.78 is 0. The fourth-order valence-corrected chi connectivity index (χ4v) is 3.76. The molecule has 2 aliphatic carbocycles. The van der Waals surface area contributed by atoms with Crippen molar-refractivity contribution >= 4 is 0 Å². The Morgan fingerprint density at radius 3 is 2.67 bits per heavy atom. The molecule has 0 spiro atoms. The van der Waals surface area contributed by atoms with Crippen LogP contribution in [0.5, 0.6) is 0 Å². The Labute approximate surface area is 94.3 Å². The van der Waals surface area contributed by atoms with Crippen LogP contribution in [0.2, 0.25) is 0 Å². The molecule has 1 N–H and O–H groups in total.